The van der Waals surface area contributed by atoms with Crippen LogP contribution < -0.4 is 5.32 Å². The summed E-state index contributed by atoms with van der Waals surface area (Å²) in [5.41, 5.74) is 0.958. The van der Waals surface area contributed by atoms with Crippen LogP contribution in [0.25, 0.3) is 0 Å². The van der Waals surface area contributed by atoms with Gasteiger partial charge in [-0.3, -0.25) is 0 Å². The number of benzene rings is 1. The van der Waals surface area contributed by atoms with Crippen LogP contribution in [-0.2, 0) is 17.1 Å². The van der Waals surface area contributed by atoms with Gasteiger partial charge in [-0.25, -0.2) is 0 Å². The Morgan fingerprint density at radius 1 is 1.23 bits per heavy atom. The van der Waals surface area contributed by atoms with Crippen LogP contribution in [0.3, 0.4) is 0 Å². The number of likely N-dealkylation sites (N-methyl/N-ethyl adjacent to an activating group) is 1. The van der Waals surface area contributed by atoms with Crippen LogP contribution in [0.15, 0.2) is 30.3 Å². The molecule has 0 fully saturated rings. The van der Waals surface area contributed by atoms with Crippen LogP contribution in [0.4, 0.5) is 0 Å². The summed E-state index contributed by atoms with van der Waals surface area (Å²) in [6, 6.07) is 9.76. The van der Waals surface area contributed by atoms with E-state index in [2.05, 4.69) is 5.32 Å². The van der Waals surface area contributed by atoms with Gasteiger partial charge in [-0.1, -0.05) is 30.3 Å². The molecule has 0 spiro atoms. The first-order valence-corrected chi connectivity index (χ1v) is 4.16. The van der Waals surface area contributed by atoms with Crippen LogP contribution in [0.5, 0.6) is 0 Å². The van der Waals surface area contributed by atoms with Crippen molar-refractivity contribution in [2.45, 2.75) is 19.1 Å². The first-order valence-electron chi connectivity index (χ1n) is 4.16. The van der Waals surface area contributed by atoms with E-state index in [1.54, 1.807) is 0 Å². The summed E-state index contributed by atoms with van der Waals surface area (Å²) in [6.07, 6.45) is -0.420. The Morgan fingerprint density at radius 2 is 1.77 bits per heavy atom. The smallest absolute Gasteiger partial charge is 0.0940 e. The summed E-state index contributed by atoms with van der Waals surface area (Å²) in [5, 5.41) is 12.7. The molecular weight excluding hydrogens is 214 g/mol. The average Bonchev–Trinajstić information content (AvgIpc) is 2.17. The van der Waals surface area contributed by atoms with Crippen molar-refractivity contribution in [3.05, 3.63) is 35.9 Å². The van der Waals surface area contributed by atoms with Crippen LogP contribution in [0.1, 0.15) is 18.6 Å². The van der Waals surface area contributed by atoms with Gasteiger partial charge in [-0.2, -0.15) is 0 Å². The molecule has 0 aromatic heterocycles. The van der Waals surface area contributed by atoms with E-state index in [0.29, 0.717) is 0 Å². The van der Waals surface area contributed by atoms with Crippen LogP contribution in [0.2, 0.25) is 0 Å². The zero-order chi connectivity index (χ0) is 8.97. The second-order valence-electron chi connectivity index (χ2n) is 2.93. The predicted octanol–water partition coefficient (Wildman–Crippen LogP) is 1.33. The molecule has 2 nitrogen and oxygen atoms in total. The van der Waals surface area contributed by atoms with Gasteiger partial charge in [0.05, 0.1) is 6.10 Å². The van der Waals surface area contributed by atoms with Crippen molar-refractivity contribution in [2.24, 2.45) is 0 Å². The number of aliphatic hydroxyl groups is 1. The summed E-state index contributed by atoms with van der Waals surface area (Å²) >= 11 is 0. The Labute approximate surface area is 89.8 Å². The largest absolute Gasteiger partial charge is 0.387 e. The number of nitrogens with one attached hydrogen (secondary N) is 1. The van der Waals surface area contributed by atoms with E-state index in [1.165, 1.54) is 0 Å². The van der Waals surface area contributed by atoms with Gasteiger partial charge < -0.3 is 10.4 Å². The van der Waals surface area contributed by atoms with Gasteiger partial charge in [-0.05, 0) is 19.5 Å². The molecule has 1 radical (unpaired) electrons. The third kappa shape index (κ3) is 3.49. The zero-order valence-corrected chi connectivity index (χ0v) is 8.73. The van der Waals surface area contributed by atoms with Crippen molar-refractivity contribution in [3.63, 3.8) is 0 Å². The molecule has 1 aromatic rings. The maximum atomic E-state index is 9.73. The van der Waals surface area contributed by atoms with Crippen LogP contribution in [-0.4, -0.2) is 18.2 Å². The van der Waals surface area contributed by atoms with Gasteiger partial charge in [0.25, 0.3) is 0 Å². The molecule has 0 bridgehead atoms. The van der Waals surface area contributed by atoms with Gasteiger partial charge in [0.1, 0.15) is 0 Å². The first-order chi connectivity index (χ1) is 5.75. The molecule has 0 aliphatic carbocycles. The van der Waals surface area contributed by atoms with Crippen LogP contribution >= 0.6 is 0 Å². The first kappa shape index (κ1) is 12.7. The molecule has 2 N–H and O–H groups in total. The molecule has 13 heavy (non-hydrogen) atoms. The van der Waals surface area contributed by atoms with Gasteiger partial charge in [0, 0.05) is 23.1 Å². The summed E-state index contributed by atoms with van der Waals surface area (Å²) in [4.78, 5) is 0. The van der Waals surface area contributed by atoms with E-state index in [-0.39, 0.29) is 23.1 Å². The topological polar surface area (TPSA) is 32.3 Å². The molecule has 0 heterocycles. The molecule has 0 unspecified atom stereocenters. The van der Waals surface area contributed by atoms with E-state index in [1.807, 2.05) is 44.3 Å². The Balaban J connectivity index is 0.00000144. The molecule has 0 aliphatic rings. The third-order valence-corrected chi connectivity index (χ3v) is 2.07. The van der Waals surface area contributed by atoms with Crippen molar-refractivity contribution in [1.29, 1.82) is 0 Å². The van der Waals surface area contributed by atoms with Crippen molar-refractivity contribution in [1.82, 2.24) is 5.32 Å². The summed E-state index contributed by atoms with van der Waals surface area (Å²) in [5.74, 6) is 0. The Kier molecular flexibility index (Phi) is 6.00. The fraction of sp³-hybridized carbons (Fsp3) is 0.400. The van der Waals surface area contributed by atoms with E-state index >= 15 is 0 Å². The van der Waals surface area contributed by atoms with E-state index in [9.17, 15) is 5.11 Å². The minimum absolute atomic E-state index is 0. The number of rotatable bonds is 3. The SMILES string of the molecule is CN[C@H](C)[C@H](O)c1ccccc1.[Cu]. The monoisotopic (exact) mass is 228 g/mol. The van der Waals surface area contributed by atoms with Crippen molar-refractivity contribution in [3.8, 4) is 0 Å². The molecule has 0 aliphatic heterocycles. The van der Waals surface area contributed by atoms with E-state index in [4.69, 9.17) is 0 Å². The second-order valence-corrected chi connectivity index (χ2v) is 2.93. The van der Waals surface area contributed by atoms with Gasteiger partial charge in [0.15, 0.2) is 0 Å². The number of aliphatic hydroxyl groups excluding tert-OH is 1. The summed E-state index contributed by atoms with van der Waals surface area (Å²) < 4.78 is 0. The molecule has 0 saturated carbocycles. The summed E-state index contributed by atoms with van der Waals surface area (Å²) in [6.45, 7) is 1.96. The summed E-state index contributed by atoms with van der Waals surface area (Å²) in [7, 11) is 1.84. The quantitative estimate of drug-likeness (QED) is 0.766. The number of hydrogen-bond acceptors (Lipinski definition) is 2. The minimum Gasteiger partial charge on any atom is -0.387 e. The van der Waals surface area contributed by atoms with Crippen molar-refractivity contribution >= 4 is 0 Å². The molecule has 0 saturated heterocycles. The zero-order valence-electron chi connectivity index (χ0n) is 7.79. The van der Waals surface area contributed by atoms with Gasteiger partial charge >= 0.3 is 0 Å². The Morgan fingerprint density at radius 3 is 2.23 bits per heavy atom. The van der Waals surface area contributed by atoms with E-state index in [0.717, 1.165) is 5.56 Å². The molecule has 2 atom stereocenters. The molecule has 1 aromatic carbocycles. The molecule has 3 heteroatoms. The molecular formula is C10H15CuNO. The third-order valence-electron chi connectivity index (χ3n) is 2.07. The van der Waals surface area contributed by atoms with Crippen molar-refractivity contribution < 1.29 is 22.2 Å². The fourth-order valence-electron chi connectivity index (χ4n) is 1.10. The standard InChI is InChI=1S/C10H15NO.Cu/c1-8(11-2)10(12)9-6-4-3-5-7-9;/h3-8,10-12H,1-2H3;/t8-,10+;/m1./s1. The maximum absolute atomic E-state index is 9.73. The van der Waals surface area contributed by atoms with Gasteiger partial charge in [0.2, 0.25) is 0 Å². The Hall–Kier alpha value is -0.341. The Bertz CT molecular complexity index is 228. The fourth-order valence-corrected chi connectivity index (χ4v) is 1.10. The van der Waals surface area contributed by atoms with Crippen molar-refractivity contribution in [2.75, 3.05) is 7.05 Å². The molecule has 1 rings (SSSR count). The average molecular weight is 229 g/mol. The van der Waals surface area contributed by atoms with E-state index < -0.39 is 6.10 Å². The van der Waals surface area contributed by atoms with Gasteiger partial charge in [-0.15, -0.1) is 0 Å². The normalized spacial score (nSPS) is 14.4. The molecule has 77 valence electrons. The predicted molar refractivity (Wildman–Crippen MR) is 49.9 cm³/mol. The minimum atomic E-state index is -0.420. The molecule has 0 amide bonds. The second kappa shape index (κ2) is 6.16. The number of hydrogen-bond donors (Lipinski definition) is 2. The maximum Gasteiger partial charge on any atom is 0.0940 e. The van der Waals surface area contributed by atoms with Crippen LogP contribution in [0, 0.1) is 0 Å².